The number of rotatable bonds is 1. The van der Waals surface area contributed by atoms with Crippen molar-refractivity contribution in [3.05, 3.63) is 11.6 Å². The lowest BCUT2D eigenvalue weighted by atomic mass is 9.79. The second kappa shape index (κ2) is 5.32. The maximum absolute atomic E-state index is 6.14. The Morgan fingerprint density at radius 3 is 3.00 bits per heavy atom. The van der Waals surface area contributed by atoms with Crippen molar-refractivity contribution < 1.29 is 9.47 Å². The molecule has 3 aliphatic rings. The maximum atomic E-state index is 6.14. The Balaban J connectivity index is 1.71. The minimum absolute atomic E-state index is 0.0279. The van der Waals surface area contributed by atoms with Crippen LogP contribution in [0.1, 0.15) is 44.9 Å². The molecule has 0 aromatic heterocycles. The fraction of sp³-hybridized carbons (Fsp3) is 0.867. The van der Waals surface area contributed by atoms with Crippen molar-refractivity contribution in [2.75, 3.05) is 19.8 Å². The Labute approximate surface area is 110 Å². The molecule has 0 bridgehead atoms. The van der Waals surface area contributed by atoms with E-state index in [1.165, 1.54) is 25.7 Å². The molecule has 0 amide bonds. The molecule has 0 aromatic carbocycles. The van der Waals surface area contributed by atoms with Gasteiger partial charge in [0.1, 0.15) is 0 Å². The Kier molecular flexibility index (Phi) is 3.73. The smallest absolute Gasteiger partial charge is 0.0942 e. The second-order valence-corrected chi connectivity index (χ2v) is 6.18. The van der Waals surface area contributed by atoms with E-state index < -0.39 is 0 Å². The summed E-state index contributed by atoms with van der Waals surface area (Å²) in [5, 5.41) is 0. The summed E-state index contributed by atoms with van der Waals surface area (Å²) in [6.07, 6.45) is 10.7. The molecule has 2 N–H and O–H groups in total. The van der Waals surface area contributed by atoms with Crippen LogP contribution in [0.15, 0.2) is 11.6 Å². The summed E-state index contributed by atoms with van der Waals surface area (Å²) in [7, 11) is 0. The van der Waals surface area contributed by atoms with Crippen molar-refractivity contribution in [1.82, 2.24) is 0 Å². The number of allylic oxidation sites excluding steroid dienone is 1. The molecule has 102 valence electrons. The first-order chi connectivity index (χ1) is 8.77. The minimum Gasteiger partial charge on any atom is -0.378 e. The molecule has 2 heterocycles. The van der Waals surface area contributed by atoms with Gasteiger partial charge in [-0.15, -0.1) is 0 Å². The summed E-state index contributed by atoms with van der Waals surface area (Å²) in [5.41, 5.74) is 7.78. The minimum atomic E-state index is 0.0279. The van der Waals surface area contributed by atoms with Gasteiger partial charge in [0.05, 0.1) is 12.2 Å². The van der Waals surface area contributed by atoms with E-state index in [2.05, 4.69) is 6.08 Å². The lowest BCUT2D eigenvalue weighted by Gasteiger charge is -2.38. The highest BCUT2D eigenvalue weighted by molar-refractivity contribution is 5.14. The second-order valence-electron chi connectivity index (χ2n) is 6.18. The largest absolute Gasteiger partial charge is 0.378 e. The van der Waals surface area contributed by atoms with Gasteiger partial charge in [0.2, 0.25) is 0 Å². The van der Waals surface area contributed by atoms with Gasteiger partial charge in [-0.25, -0.2) is 0 Å². The van der Waals surface area contributed by atoms with Gasteiger partial charge in [-0.1, -0.05) is 18.1 Å². The third-order valence-corrected chi connectivity index (χ3v) is 4.77. The highest BCUT2D eigenvalue weighted by atomic mass is 16.6. The molecule has 3 rings (SSSR count). The predicted octanol–water partition coefficient (Wildman–Crippen LogP) is 2.40. The molecule has 1 spiro atoms. The fourth-order valence-corrected chi connectivity index (χ4v) is 3.70. The van der Waals surface area contributed by atoms with Crippen molar-refractivity contribution in [2.45, 2.75) is 56.6 Å². The topological polar surface area (TPSA) is 44.5 Å². The SMILES string of the molecule is NC1C=C(C2CCOC3(CCOC3)C2)CCCC1. The summed E-state index contributed by atoms with van der Waals surface area (Å²) >= 11 is 0. The van der Waals surface area contributed by atoms with E-state index in [-0.39, 0.29) is 11.6 Å². The maximum Gasteiger partial charge on any atom is 0.0942 e. The molecule has 18 heavy (non-hydrogen) atoms. The summed E-state index contributed by atoms with van der Waals surface area (Å²) < 4.78 is 11.6. The molecule has 0 radical (unpaired) electrons. The van der Waals surface area contributed by atoms with Crippen molar-refractivity contribution in [1.29, 1.82) is 0 Å². The van der Waals surface area contributed by atoms with Gasteiger partial charge < -0.3 is 15.2 Å². The Morgan fingerprint density at radius 1 is 1.22 bits per heavy atom. The summed E-state index contributed by atoms with van der Waals surface area (Å²) in [5.74, 6) is 0.685. The van der Waals surface area contributed by atoms with E-state index in [0.29, 0.717) is 5.92 Å². The van der Waals surface area contributed by atoms with Gasteiger partial charge in [-0.2, -0.15) is 0 Å². The van der Waals surface area contributed by atoms with Gasteiger partial charge in [0, 0.05) is 25.7 Å². The van der Waals surface area contributed by atoms with Crippen LogP contribution in [0.5, 0.6) is 0 Å². The van der Waals surface area contributed by atoms with Gasteiger partial charge >= 0.3 is 0 Å². The van der Waals surface area contributed by atoms with Crippen molar-refractivity contribution in [2.24, 2.45) is 11.7 Å². The zero-order valence-electron chi connectivity index (χ0n) is 11.2. The molecule has 0 saturated carbocycles. The van der Waals surface area contributed by atoms with Crippen molar-refractivity contribution in [3.8, 4) is 0 Å². The number of hydrogen-bond donors (Lipinski definition) is 1. The molecular formula is C15H25NO2. The van der Waals surface area contributed by atoms with Crippen LogP contribution >= 0.6 is 0 Å². The van der Waals surface area contributed by atoms with Crippen LogP contribution in [-0.2, 0) is 9.47 Å². The number of ether oxygens (including phenoxy) is 2. The van der Waals surface area contributed by atoms with E-state index >= 15 is 0 Å². The third-order valence-electron chi connectivity index (χ3n) is 4.77. The van der Waals surface area contributed by atoms with Crippen molar-refractivity contribution in [3.63, 3.8) is 0 Å². The molecule has 3 nitrogen and oxygen atoms in total. The molecule has 2 saturated heterocycles. The zero-order chi connectivity index (χ0) is 12.4. The first-order valence-corrected chi connectivity index (χ1v) is 7.45. The third kappa shape index (κ3) is 2.63. The van der Waals surface area contributed by atoms with E-state index in [9.17, 15) is 0 Å². The normalized spacial score (nSPS) is 41.7. The molecule has 3 atom stereocenters. The average Bonchev–Trinajstić information content (AvgIpc) is 2.69. The summed E-state index contributed by atoms with van der Waals surface area (Å²) in [6, 6.07) is 0.279. The first kappa shape index (κ1) is 12.6. The number of hydrogen-bond acceptors (Lipinski definition) is 3. The van der Waals surface area contributed by atoms with Crippen molar-refractivity contribution >= 4 is 0 Å². The van der Waals surface area contributed by atoms with E-state index in [4.69, 9.17) is 15.2 Å². The van der Waals surface area contributed by atoms with Gasteiger partial charge in [0.25, 0.3) is 0 Å². The summed E-state index contributed by atoms with van der Waals surface area (Å²) in [6.45, 7) is 2.55. The van der Waals surface area contributed by atoms with Gasteiger partial charge in [-0.05, 0) is 38.0 Å². The molecule has 3 unspecified atom stereocenters. The van der Waals surface area contributed by atoms with Gasteiger partial charge in [-0.3, -0.25) is 0 Å². The van der Waals surface area contributed by atoms with Crippen LogP contribution in [0.4, 0.5) is 0 Å². The van der Waals surface area contributed by atoms with E-state index in [0.717, 1.165) is 39.1 Å². The highest BCUT2D eigenvalue weighted by Crippen LogP contribution is 2.40. The molecule has 1 aliphatic carbocycles. The first-order valence-electron chi connectivity index (χ1n) is 7.45. The zero-order valence-corrected chi connectivity index (χ0v) is 11.2. The molecule has 2 aliphatic heterocycles. The van der Waals surface area contributed by atoms with E-state index in [1.54, 1.807) is 5.57 Å². The van der Waals surface area contributed by atoms with Crippen LogP contribution in [0.2, 0.25) is 0 Å². The molecule has 2 fully saturated rings. The Morgan fingerprint density at radius 2 is 2.17 bits per heavy atom. The van der Waals surface area contributed by atoms with Crippen LogP contribution < -0.4 is 5.73 Å². The molecular weight excluding hydrogens is 226 g/mol. The van der Waals surface area contributed by atoms with Crippen LogP contribution in [0.3, 0.4) is 0 Å². The lowest BCUT2D eigenvalue weighted by molar-refractivity contribution is -0.0928. The monoisotopic (exact) mass is 251 g/mol. The highest BCUT2D eigenvalue weighted by Gasteiger charge is 2.41. The standard InChI is InChI=1S/C15H25NO2/c16-14-4-2-1-3-12(9-14)13-5-7-18-15(10-13)6-8-17-11-15/h9,13-14H,1-8,10-11,16H2. The lowest BCUT2D eigenvalue weighted by Crippen LogP contribution is -2.41. The molecule has 3 heteroatoms. The van der Waals surface area contributed by atoms with E-state index in [1.807, 2.05) is 0 Å². The van der Waals surface area contributed by atoms with Gasteiger partial charge in [0.15, 0.2) is 0 Å². The Hall–Kier alpha value is -0.380. The van der Waals surface area contributed by atoms with Crippen LogP contribution in [0, 0.1) is 5.92 Å². The number of nitrogens with two attached hydrogens (primary N) is 1. The van der Waals surface area contributed by atoms with Crippen LogP contribution in [-0.4, -0.2) is 31.5 Å². The quantitative estimate of drug-likeness (QED) is 0.728. The molecule has 0 aromatic rings. The fourth-order valence-electron chi connectivity index (χ4n) is 3.70. The predicted molar refractivity (Wildman–Crippen MR) is 71.4 cm³/mol. The Bertz CT molecular complexity index is 320. The summed E-state index contributed by atoms with van der Waals surface area (Å²) in [4.78, 5) is 0. The van der Waals surface area contributed by atoms with Crippen LogP contribution in [0.25, 0.3) is 0 Å². The average molecular weight is 251 g/mol.